The standard InChI is InChI=1S/C15H19NO3/c17-13-6-1-11(2-7-13)3-10-15(19)16-12-4-8-14(18)9-5-12/h1-3,6-7,10,12,14,17-18H,4-5,8-9H2,(H,16,19)/b10-3+. The number of phenols is 1. The molecule has 1 aliphatic rings. The summed E-state index contributed by atoms with van der Waals surface area (Å²) in [5.74, 6) is 0.0943. The van der Waals surface area contributed by atoms with Crippen LogP contribution < -0.4 is 5.32 Å². The van der Waals surface area contributed by atoms with Gasteiger partial charge in [-0.05, 0) is 49.5 Å². The summed E-state index contributed by atoms with van der Waals surface area (Å²) >= 11 is 0. The van der Waals surface area contributed by atoms with Crippen molar-refractivity contribution in [3.63, 3.8) is 0 Å². The van der Waals surface area contributed by atoms with E-state index < -0.39 is 0 Å². The van der Waals surface area contributed by atoms with Gasteiger partial charge < -0.3 is 15.5 Å². The molecule has 0 spiro atoms. The summed E-state index contributed by atoms with van der Waals surface area (Å²) in [5.41, 5.74) is 0.868. The highest BCUT2D eigenvalue weighted by Crippen LogP contribution is 2.18. The van der Waals surface area contributed by atoms with Crippen LogP contribution in [0.25, 0.3) is 6.08 Å². The smallest absolute Gasteiger partial charge is 0.244 e. The minimum atomic E-state index is -0.208. The molecule has 19 heavy (non-hydrogen) atoms. The Kier molecular flexibility index (Phi) is 4.58. The minimum Gasteiger partial charge on any atom is -0.508 e. The monoisotopic (exact) mass is 261 g/mol. The number of aliphatic hydroxyl groups excluding tert-OH is 1. The second-order valence-electron chi connectivity index (χ2n) is 4.94. The van der Waals surface area contributed by atoms with Crippen molar-refractivity contribution >= 4 is 12.0 Å². The molecule has 4 nitrogen and oxygen atoms in total. The van der Waals surface area contributed by atoms with E-state index in [0.717, 1.165) is 31.2 Å². The second kappa shape index (κ2) is 6.38. The van der Waals surface area contributed by atoms with E-state index in [1.54, 1.807) is 30.3 Å². The maximum absolute atomic E-state index is 11.7. The van der Waals surface area contributed by atoms with Crippen molar-refractivity contribution in [3.8, 4) is 5.75 Å². The Balaban J connectivity index is 1.82. The van der Waals surface area contributed by atoms with Crippen molar-refractivity contribution in [1.82, 2.24) is 5.32 Å². The third-order valence-corrected chi connectivity index (χ3v) is 3.36. The number of amides is 1. The van der Waals surface area contributed by atoms with E-state index in [1.165, 1.54) is 6.08 Å². The number of aliphatic hydroxyl groups is 1. The molecule has 102 valence electrons. The van der Waals surface area contributed by atoms with Crippen LogP contribution in [0.3, 0.4) is 0 Å². The molecule has 0 unspecified atom stereocenters. The van der Waals surface area contributed by atoms with Gasteiger partial charge in [0.1, 0.15) is 5.75 Å². The van der Waals surface area contributed by atoms with E-state index >= 15 is 0 Å². The van der Waals surface area contributed by atoms with Crippen LogP contribution in [0, 0.1) is 0 Å². The van der Waals surface area contributed by atoms with Gasteiger partial charge in [0.25, 0.3) is 0 Å². The zero-order valence-corrected chi connectivity index (χ0v) is 10.7. The Morgan fingerprint density at radius 2 is 1.79 bits per heavy atom. The predicted molar refractivity (Wildman–Crippen MR) is 73.5 cm³/mol. The van der Waals surface area contributed by atoms with Gasteiger partial charge in [-0.3, -0.25) is 4.79 Å². The Labute approximate surface area is 112 Å². The van der Waals surface area contributed by atoms with E-state index in [0.29, 0.717) is 0 Å². The molecular formula is C15H19NO3. The van der Waals surface area contributed by atoms with Gasteiger partial charge >= 0.3 is 0 Å². The lowest BCUT2D eigenvalue weighted by Gasteiger charge is -2.25. The third kappa shape index (κ3) is 4.41. The lowest BCUT2D eigenvalue weighted by molar-refractivity contribution is -0.117. The maximum Gasteiger partial charge on any atom is 0.244 e. The number of phenolic OH excluding ortho intramolecular Hbond substituents is 1. The summed E-state index contributed by atoms with van der Waals surface area (Å²) in [6.07, 6.45) is 6.18. The largest absolute Gasteiger partial charge is 0.508 e. The molecule has 0 heterocycles. The molecule has 1 amide bonds. The van der Waals surface area contributed by atoms with Crippen molar-refractivity contribution in [2.45, 2.75) is 37.8 Å². The SMILES string of the molecule is O=C(/C=C/c1ccc(O)cc1)NC1CCC(O)CC1. The van der Waals surface area contributed by atoms with Crippen LogP contribution in [0.1, 0.15) is 31.2 Å². The highest BCUT2D eigenvalue weighted by atomic mass is 16.3. The molecule has 0 atom stereocenters. The first-order chi connectivity index (χ1) is 9.13. The number of hydrogen-bond donors (Lipinski definition) is 3. The van der Waals surface area contributed by atoms with Crippen LogP contribution in [0.5, 0.6) is 5.75 Å². The number of rotatable bonds is 3. The first kappa shape index (κ1) is 13.6. The number of hydrogen-bond acceptors (Lipinski definition) is 3. The predicted octanol–water partition coefficient (Wildman–Crippen LogP) is 1.83. The fourth-order valence-corrected chi connectivity index (χ4v) is 2.23. The summed E-state index contributed by atoms with van der Waals surface area (Å²) in [6, 6.07) is 6.83. The molecule has 1 aromatic rings. The van der Waals surface area contributed by atoms with Gasteiger partial charge in [0, 0.05) is 12.1 Å². The lowest BCUT2D eigenvalue weighted by Crippen LogP contribution is -2.37. The van der Waals surface area contributed by atoms with Gasteiger partial charge in [-0.25, -0.2) is 0 Å². The molecule has 1 aromatic carbocycles. The van der Waals surface area contributed by atoms with Crippen molar-refractivity contribution in [2.24, 2.45) is 0 Å². The third-order valence-electron chi connectivity index (χ3n) is 3.36. The van der Waals surface area contributed by atoms with Gasteiger partial charge in [0.05, 0.1) is 6.10 Å². The zero-order chi connectivity index (χ0) is 13.7. The number of carbonyl (C=O) groups excluding carboxylic acids is 1. The Morgan fingerprint density at radius 1 is 1.16 bits per heavy atom. The number of benzene rings is 1. The van der Waals surface area contributed by atoms with Crippen LogP contribution in [0.2, 0.25) is 0 Å². The zero-order valence-electron chi connectivity index (χ0n) is 10.7. The van der Waals surface area contributed by atoms with E-state index in [9.17, 15) is 9.90 Å². The molecule has 3 N–H and O–H groups in total. The van der Waals surface area contributed by atoms with Gasteiger partial charge in [-0.2, -0.15) is 0 Å². The summed E-state index contributed by atoms with van der Waals surface area (Å²) < 4.78 is 0. The lowest BCUT2D eigenvalue weighted by atomic mass is 9.93. The minimum absolute atomic E-state index is 0.116. The number of nitrogens with one attached hydrogen (secondary N) is 1. The summed E-state index contributed by atoms with van der Waals surface area (Å²) in [4.78, 5) is 11.7. The fraction of sp³-hybridized carbons (Fsp3) is 0.400. The van der Waals surface area contributed by atoms with Crippen LogP contribution in [-0.4, -0.2) is 28.3 Å². The Hall–Kier alpha value is -1.81. The molecular weight excluding hydrogens is 242 g/mol. The maximum atomic E-state index is 11.7. The van der Waals surface area contributed by atoms with Crippen molar-refractivity contribution in [3.05, 3.63) is 35.9 Å². The average Bonchev–Trinajstić information content (AvgIpc) is 2.41. The molecule has 1 saturated carbocycles. The van der Waals surface area contributed by atoms with Crippen LogP contribution in [0.15, 0.2) is 30.3 Å². The van der Waals surface area contributed by atoms with Crippen molar-refractivity contribution < 1.29 is 15.0 Å². The fourth-order valence-electron chi connectivity index (χ4n) is 2.23. The second-order valence-corrected chi connectivity index (χ2v) is 4.94. The van der Waals surface area contributed by atoms with Gasteiger partial charge in [0.2, 0.25) is 5.91 Å². The molecule has 0 bridgehead atoms. The number of carbonyl (C=O) groups is 1. The molecule has 0 radical (unpaired) electrons. The van der Waals surface area contributed by atoms with E-state index in [2.05, 4.69) is 5.32 Å². The van der Waals surface area contributed by atoms with Crippen molar-refractivity contribution in [1.29, 1.82) is 0 Å². The average molecular weight is 261 g/mol. The van der Waals surface area contributed by atoms with Crippen LogP contribution in [-0.2, 0) is 4.79 Å². The number of aromatic hydroxyl groups is 1. The normalized spacial score (nSPS) is 23.4. The van der Waals surface area contributed by atoms with E-state index in [4.69, 9.17) is 5.11 Å². The highest BCUT2D eigenvalue weighted by molar-refractivity contribution is 5.91. The molecule has 0 saturated heterocycles. The van der Waals surface area contributed by atoms with Crippen LogP contribution in [0.4, 0.5) is 0 Å². The van der Waals surface area contributed by atoms with Gasteiger partial charge in [-0.1, -0.05) is 12.1 Å². The van der Waals surface area contributed by atoms with Gasteiger partial charge in [0.15, 0.2) is 0 Å². The van der Waals surface area contributed by atoms with Crippen molar-refractivity contribution in [2.75, 3.05) is 0 Å². The Morgan fingerprint density at radius 3 is 2.42 bits per heavy atom. The first-order valence-electron chi connectivity index (χ1n) is 6.59. The quantitative estimate of drug-likeness (QED) is 0.727. The van der Waals surface area contributed by atoms with Gasteiger partial charge in [-0.15, -0.1) is 0 Å². The summed E-state index contributed by atoms with van der Waals surface area (Å²) in [6.45, 7) is 0. The molecule has 1 aliphatic carbocycles. The first-order valence-corrected chi connectivity index (χ1v) is 6.59. The van der Waals surface area contributed by atoms with E-state index in [1.807, 2.05) is 0 Å². The molecule has 4 heteroatoms. The van der Waals surface area contributed by atoms with E-state index in [-0.39, 0.29) is 23.8 Å². The molecule has 2 rings (SSSR count). The molecule has 1 fully saturated rings. The highest BCUT2D eigenvalue weighted by Gasteiger charge is 2.19. The molecule has 0 aliphatic heterocycles. The summed E-state index contributed by atoms with van der Waals surface area (Å²) in [5, 5.41) is 21.5. The topological polar surface area (TPSA) is 69.6 Å². The van der Waals surface area contributed by atoms with Crippen LogP contribution >= 0.6 is 0 Å². The Bertz CT molecular complexity index is 445. The summed E-state index contributed by atoms with van der Waals surface area (Å²) in [7, 11) is 0. The molecule has 0 aromatic heterocycles.